The van der Waals surface area contributed by atoms with E-state index in [-0.39, 0.29) is 18.7 Å². The Hall–Kier alpha value is -4.32. The SMILES string of the molecule is C=CC(c1ccc2c(c1)CCN2C(=O)c1cccc(OC(F)(F)F)c1)S(=O)(=O)N1CC(c2ccccc2)NC1=O. The number of rotatable bonds is 7. The molecule has 2 atom stereocenters. The first-order chi connectivity index (χ1) is 19.0. The topological polar surface area (TPSA) is 96.0 Å². The number of ether oxygens (including phenoxy) is 1. The zero-order valence-electron chi connectivity index (χ0n) is 21.0. The predicted molar refractivity (Wildman–Crippen MR) is 141 cm³/mol. The molecule has 2 unspecified atom stereocenters. The second-order valence-corrected chi connectivity index (χ2v) is 11.3. The summed E-state index contributed by atoms with van der Waals surface area (Å²) in [5.74, 6) is -1.03. The van der Waals surface area contributed by atoms with E-state index in [1.165, 1.54) is 23.1 Å². The van der Waals surface area contributed by atoms with E-state index in [1.807, 2.05) is 6.07 Å². The van der Waals surface area contributed by atoms with Crippen LogP contribution in [0.4, 0.5) is 23.7 Å². The number of nitrogens with one attached hydrogen (secondary N) is 1. The van der Waals surface area contributed by atoms with Crippen LogP contribution in [0.15, 0.2) is 85.5 Å². The average molecular weight is 572 g/mol. The van der Waals surface area contributed by atoms with Crippen molar-refractivity contribution in [3.63, 3.8) is 0 Å². The zero-order chi connectivity index (χ0) is 28.7. The molecule has 1 saturated heterocycles. The van der Waals surface area contributed by atoms with E-state index >= 15 is 0 Å². The molecule has 1 N–H and O–H groups in total. The van der Waals surface area contributed by atoms with Gasteiger partial charge in [0.15, 0.2) is 0 Å². The summed E-state index contributed by atoms with van der Waals surface area (Å²) in [5.41, 5.74) is 2.36. The molecule has 208 valence electrons. The highest BCUT2D eigenvalue weighted by atomic mass is 32.2. The Morgan fingerprint density at radius 2 is 1.82 bits per heavy atom. The molecule has 3 aromatic carbocycles. The van der Waals surface area contributed by atoms with Gasteiger partial charge in [0.05, 0.1) is 12.6 Å². The van der Waals surface area contributed by atoms with Gasteiger partial charge < -0.3 is 15.0 Å². The molecule has 0 radical (unpaired) electrons. The first kappa shape index (κ1) is 27.3. The quantitative estimate of drug-likeness (QED) is 0.398. The molecule has 0 aliphatic carbocycles. The lowest BCUT2D eigenvalue weighted by molar-refractivity contribution is -0.274. The lowest BCUT2D eigenvalue weighted by Gasteiger charge is -2.23. The number of hydrogen-bond donors (Lipinski definition) is 1. The summed E-state index contributed by atoms with van der Waals surface area (Å²) < 4.78 is 69.7. The smallest absolute Gasteiger partial charge is 0.406 e. The third-order valence-corrected chi connectivity index (χ3v) is 8.84. The molecule has 2 heterocycles. The van der Waals surface area contributed by atoms with Crippen LogP contribution < -0.4 is 15.0 Å². The van der Waals surface area contributed by atoms with Crippen LogP contribution in [-0.4, -0.2) is 44.1 Å². The van der Waals surface area contributed by atoms with Crippen LogP contribution in [0, 0.1) is 0 Å². The van der Waals surface area contributed by atoms with Gasteiger partial charge >= 0.3 is 12.4 Å². The van der Waals surface area contributed by atoms with Crippen molar-refractivity contribution in [2.75, 3.05) is 18.0 Å². The standard InChI is InChI=1S/C28H24F3N3O5S/c1-2-25(40(37,38)34-17-23(32-27(34)36)18-7-4-3-5-8-18)20-11-12-24-19(15-20)13-14-33(24)26(35)21-9-6-10-22(16-21)39-28(29,30)31/h2-12,15-16,23,25H,1,13-14,17H2,(H,32,36). The minimum Gasteiger partial charge on any atom is -0.406 e. The van der Waals surface area contributed by atoms with Gasteiger partial charge in [-0.05, 0) is 47.4 Å². The fraction of sp³-hybridized carbons (Fsp3) is 0.214. The number of halogens is 3. The molecule has 0 saturated carbocycles. The van der Waals surface area contributed by atoms with Crippen LogP contribution in [-0.2, 0) is 16.4 Å². The molecule has 3 amide bonds. The van der Waals surface area contributed by atoms with Crippen molar-refractivity contribution in [1.29, 1.82) is 0 Å². The molecule has 3 aromatic rings. The van der Waals surface area contributed by atoms with E-state index in [1.54, 1.807) is 42.5 Å². The summed E-state index contributed by atoms with van der Waals surface area (Å²) in [6, 6.07) is 17.4. The average Bonchev–Trinajstić information content (AvgIpc) is 3.52. The van der Waals surface area contributed by atoms with Crippen LogP contribution in [0.25, 0.3) is 0 Å². The molecular formula is C28H24F3N3O5S. The number of nitrogens with zero attached hydrogens (tertiary/aromatic N) is 2. The maximum Gasteiger partial charge on any atom is 0.573 e. The Kier molecular flexibility index (Phi) is 7.05. The minimum atomic E-state index is -4.89. The molecule has 40 heavy (non-hydrogen) atoms. The van der Waals surface area contributed by atoms with Gasteiger partial charge in [-0.15, -0.1) is 19.8 Å². The largest absolute Gasteiger partial charge is 0.573 e. The van der Waals surface area contributed by atoms with E-state index in [0.29, 0.717) is 23.2 Å². The van der Waals surface area contributed by atoms with Crippen LogP contribution in [0.2, 0.25) is 0 Å². The third-order valence-electron chi connectivity index (χ3n) is 6.80. The van der Waals surface area contributed by atoms with Crippen molar-refractivity contribution >= 4 is 27.6 Å². The molecule has 8 nitrogen and oxygen atoms in total. The van der Waals surface area contributed by atoms with Crippen LogP contribution >= 0.6 is 0 Å². The Balaban J connectivity index is 1.37. The number of carbonyl (C=O) groups is 2. The van der Waals surface area contributed by atoms with Gasteiger partial charge in [0.1, 0.15) is 11.0 Å². The van der Waals surface area contributed by atoms with Gasteiger partial charge in [-0.25, -0.2) is 17.5 Å². The number of benzene rings is 3. The summed E-state index contributed by atoms with van der Waals surface area (Å²) >= 11 is 0. The fourth-order valence-corrected chi connectivity index (χ4v) is 6.62. The van der Waals surface area contributed by atoms with Gasteiger partial charge in [0.2, 0.25) is 10.0 Å². The van der Waals surface area contributed by atoms with E-state index in [4.69, 9.17) is 0 Å². The Morgan fingerprint density at radius 1 is 1.07 bits per heavy atom. The van der Waals surface area contributed by atoms with Gasteiger partial charge in [0.25, 0.3) is 5.91 Å². The number of urea groups is 1. The molecular weight excluding hydrogens is 547 g/mol. The van der Waals surface area contributed by atoms with Crippen molar-refractivity contribution in [1.82, 2.24) is 9.62 Å². The first-order valence-electron chi connectivity index (χ1n) is 12.3. The van der Waals surface area contributed by atoms with Gasteiger partial charge in [0, 0.05) is 17.8 Å². The molecule has 0 spiro atoms. The van der Waals surface area contributed by atoms with E-state index in [2.05, 4.69) is 16.6 Å². The van der Waals surface area contributed by atoms with Crippen LogP contribution in [0.1, 0.15) is 38.3 Å². The molecule has 2 aliphatic heterocycles. The zero-order valence-corrected chi connectivity index (χ0v) is 21.8. The summed E-state index contributed by atoms with van der Waals surface area (Å²) in [4.78, 5) is 27.2. The van der Waals surface area contributed by atoms with Gasteiger partial charge in [-0.3, -0.25) is 4.79 Å². The van der Waals surface area contributed by atoms with Crippen molar-refractivity contribution in [2.24, 2.45) is 0 Å². The fourth-order valence-electron chi connectivity index (χ4n) is 4.97. The van der Waals surface area contributed by atoms with Gasteiger partial charge in [-0.2, -0.15) is 0 Å². The van der Waals surface area contributed by atoms with Crippen LogP contribution in [0.5, 0.6) is 5.75 Å². The molecule has 0 bridgehead atoms. The number of anilines is 1. The minimum absolute atomic E-state index is 0.0123. The van der Waals surface area contributed by atoms with Crippen LogP contribution in [0.3, 0.4) is 0 Å². The summed E-state index contributed by atoms with van der Waals surface area (Å²) in [6.07, 6.45) is -3.24. The van der Waals surface area contributed by atoms with Crippen molar-refractivity contribution in [3.8, 4) is 5.75 Å². The maximum absolute atomic E-state index is 13.6. The number of alkyl halides is 3. The Labute approximate surface area is 228 Å². The monoisotopic (exact) mass is 571 g/mol. The number of hydrogen-bond acceptors (Lipinski definition) is 5. The second-order valence-electron chi connectivity index (χ2n) is 9.32. The normalized spacial score (nSPS) is 17.8. The number of amides is 3. The van der Waals surface area contributed by atoms with E-state index < -0.39 is 45.4 Å². The van der Waals surface area contributed by atoms with Gasteiger partial charge in [-0.1, -0.05) is 54.6 Å². The lowest BCUT2D eigenvalue weighted by Crippen LogP contribution is -2.37. The van der Waals surface area contributed by atoms with E-state index in [0.717, 1.165) is 22.0 Å². The highest BCUT2D eigenvalue weighted by molar-refractivity contribution is 7.90. The lowest BCUT2D eigenvalue weighted by atomic mass is 10.1. The molecule has 1 fully saturated rings. The van der Waals surface area contributed by atoms with E-state index in [9.17, 15) is 31.2 Å². The summed E-state index contributed by atoms with van der Waals surface area (Å²) in [6.45, 7) is 3.87. The molecule has 2 aliphatic rings. The Bertz CT molecular complexity index is 1580. The first-order valence-corrected chi connectivity index (χ1v) is 13.8. The maximum atomic E-state index is 13.6. The number of carbonyl (C=O) groups excluding carboxylic acids is 2. The van der Waals surface area contributed by atoms with Crippen molar-refractivity contribution in [2.45, 2.75) is 24.1 Å². The predicted octanol–water partition coefficient (Wildman–Crippen LogP) is 5.11. The second kappa shape index (κ2) is 10.3. The third kappa shape index (κ3) is 5.26. The highest BCUT2D eigenvalue weighted by Gasteiger charge is 2.42. The highest BCUT2D eigenvalue weighted by Crippen LogP contribution is 2.36. The molecule has 0 aromatic heterocycles. The molecule has 12 heteroatoms. The summed E-state index contributed by atoms with van der Waals surface area (Å²) in [7, 11) is -4.19. The summed E-state index contributed by atoms with van der Waals surface area (Å²) in [5, 5.41) is 1.48. The Morgan fingerprint density at radius 3 is 2.52 bits per heavy atom. The number of sulfonamides is 1. The number of fused-ring (bicyclic) bond motifs is 1. The van der Waals surface area contributed by atoms with Crippen molar-refractivity contribution in [3.05, 3.63) is 108 Å². The van der Waals surface area contributed by atoms with Crippen molar-refractivity contribution < 1.29 is 35.9 Å². The molecule has 5 rings (SSSR count).